The van der Waals surface area contributed by atoms with Crippen molar-refractivity contribution in [2.45, 2.75) is 61.7 Å². The Hall–Kier alpha value is -2.55. The van der Waals surface area contributed by atoms with E-state index in [1.165, 1.54) is 18.9 Å². The van der Waals surface area contributed by atoms with Gasteiger partial charge >= 0.3 is 5.97 Å². The van der Waals surface area contributed by atoms with Crippen molar-refractivity contribution >= 4 is 16.9 Å². The second-order valence-electron chi connectivity index (χ2n) is 11.0. The first-order valence-corrected chi connectivity index (χ1v) is 13.3. The van der Waals surface area contributed by atoms with Crippen molar-refractivity contribution in [3.05, 3.63) is 47.4 Å². The van der Waals surface area contributed by atoms with E-state index in [0.717, 1.165) is 29.6 Å². The number of aliphatic hydroxyl groups excluding tert-OH is 4. The quantitative estimate of drug-likeness (QED) is 0.314. The second kappa shape index (κ2) is 9.25. The summed E-state index contributed by atoms with van der Waals surface area (Å²) < 4.78 is 29.5. The number of fused-ring (bicyclic) bond motifs is 6. The average molecular weight is 545 g/mol. The number of carbonyl (C=O) groups excluding carboxylic acids is 1. The fraction of sp³-hybridized carbons (Fsp3) is 0.593. The third kappa shape index (κ3) is 3.64. The maximum Gasteiger partial charge on any atom is 0.337 e. The Kier molecular flexibility index (Phi) is 6.03. The third-order valence-electron chi connectivity index (χ3n) is 9.06. The lowest BCUT2D eigenvalue weighted by molar-refractivity contribution is -0.350. The summed E-state index contributed by atoms with van der Waals surface area (Å²) in [4.78, 5) is 18.8. The number of rotatable bonds is 4. The van der Waals surface area contributed by atoms with Crippen molar-refractivity contribution in [1.29, 1.82) is 0 Å². The van der Waals surface area contributed by atoms with Crippen LogP contribution in [0.2, 0.25) is 0 Å². The number of H-pyrrole nitrogens is 1. The van der Waals surface area contributed by atoms with E-state index < -0.39 is 67.3 Å². The molecule has 2 bridgehead atoms. The highest BCUT2D eigenvalue weighted by atomic mass is 16.8. The molecule has 10 atom stereocenters. The van der Waals surface area contributed by atoms with Crippen LogP contribution in [0.5, 0.6) is 0 Å². The van der Waals surface area contributed by atoms with E-state index in [2.05, 4.69) is 16.0 Å². The van der Waals surface area contributed by atoms with E-state index >= 15 is 0 Å². The Morgan fingerprint density at radius 1 is 1.18 bits per heavy atom. The molecule has 3 saturated heterocycles. The van der Waals surface area contributed by atoms with E-state index in [-0.39, 0.29) is 5.92 Å². The summed E-state index contributed by atoms with van der Waals surface area (Å²) in [6, 6.07) is 8.17. The van der Waals surface area contributed by atoms with E-state index in [4.69, 9.17) is 23.7 Å². The Balaban J connectivity index is 1.25. The molecule has 1 aromatic carbocycles. The Bertz CT molecular complexity index is 1310. The van der Waals surface area contributed by atoms with Gasteiger partial charge in [-0.25, -0.2) is 4.79 Å². The average Bonchev–Trinajstić information content (AvgIpc) is 3.48. The minimum atomic E-state index is -1.59. The van der Waals surface area contributed by atoms with Gasteiger partial charge in [-0.05, 0) is 18.1 Å². The summed E-state index contributed by atoms with van der Waals surface area (Å²) in [5.41, 5.74) is 2.85. The van der Waals surface area contributed by atoms with Gasteiger partial charge in [-0.1, -0.05) is 18.2 Å². The number of para-hydroxylation sites is 1. The number of hydrogen-bond donors (Lipinski definition) is 5. The number of aliphatic hydroxyl groups is 4. The van der Waals surface area contributed by atoms with Crippen molar-refractivity contribution in [1.82, 2.24) is 9.88 Å². The zero-order chi connectivity index (χ0) is 27.1. The topological polar surface area (TPSA) is 163 Å². The number of nitrogens with zero attached hydrogens (tertiary/aromatic N) is 1. The molecule has 0 radical (unpaired) electrons. The fourth-order valence-electron chi connectivity index (χ4n) is 7.18. The largest absolute Gasteiger partial charge is 0.471 e. The number of hydrogen-bond acceptors (Lipinski definition) is 11. The smallest absolute Gasteiger partial charge is 0.337 e. The van der Waals surface area contributed by atoms with Crippen LogP contribution in [0, 0.1) is 11.8 Å². The van der Waals surface area contributed by atoms with Gasteiger partial charge in [0.15, 0.2) is 12.0 Å². The molecule has 1 aromatic heterocycles. The third-order valence-corrected chi connectivity index (χ3v) is 9.06. The number of nitrogens with one attached hydrogen (secondary N) is 1. The highest BCUT2D eigenvalue weighted by Crippen LogP contribution is 2.57. The molecule has 5 aliphatic rings. The molecule has 2 aromatic rings. The van der Waals surface area contributed by atoms with E-state index in [1.807, 2.05) is 18.2 Å². The second-order valence-corrected chi connectivity index (χ2v) is 11.0. The number of methoxy groups -OCH3 is 1. The first-order chi connectivity index (χ1) is 18.9. The molecule has 12 heteroatoms. The molecule has 0 saturated carbocycles. The molecule has 5 aliphatic heterocycles. The van der Waals surface area contributed by atoms with E-state index in [9.17, 15) is 25.2 Å². The summed E-state index contributed by atoms with van der Waals surface area (Å²) in [6.07, 6.45) is -5.98. The summed E-state index contributed by atoms with van der Waals surface area (Å²) in [6.45, 7) is 0.772. The summed E-state index contributed by atoms with van der Waals surface area (Å²) in [7, 11) is 1.32. The number of aromatic nitrogens is 1. The number of esters is 1. The highest BCUT2D eigenvalue weighted by Gasteiger charge is 2.64. The summed E-state index contributed by atoms with van der Waals surface area (Å²) in [5, 5.41) is 41.7. The number of carbonyl (C=O) groups is 1. The molecule has 6 heterocycles. The van der Waals surface area contributed by atoms with Crippen LogP contribution in [0.1, 0.15) is 17.7 Å². The van der Waals surface area contributed by atoms with E-state index in [1.54, 1.807) is 0 Å². The van der Waals surface area contributed by atoms with Crippen molar-refractivity contribution in [2.24, 2.45) is 11.8 Å². The van der Waals surface area contributed by atoms with Gasteiger partial charge in [0.05, 0.1) is 43.3 Å². The monoisotopic (exact) mass is 544 g/mol. The highest BCUT2D eigenvalue weighted by molar-refractivity contribution is 5.89. The lowest BCUT2D eigenvalue weighted by Gasteiger charge is -2.50. The standard InChI is InChI=1S/C27H32N2O10/c1-35-24(34)15-11-36-25(38-26-22(33)21(32)20(31)18(10-30)37-26)19-14(15)8-27-23-13(6-7-29(27)9-17(19)39-27)12-4-2-3-5-16(12)28-23/h2-5,11,14,17-22,25-26,28,30-33H,6-10H2,1H3/t14-,17-,18-,19+,20+,21-,22-,25+,26+,27+/m1/s1. The molecule has 39 heavy (non-hydrogen) atoms. The molecule has 3 fully saturated rings. The Morgan fingerprint density at radius 3 is 2.79 bits per heavy atom. The molecule has 1 spiro atoms. The van der Waals surface area contributed by atoms with Crippen molar-refractivity contribution in [3.8, 4) is 0 Å². The molecule has 0 amide bonds. The van der Waals surface area contributed by atoms with Gasteiger partial charge in [0, 0.05) is 36.3 Å². The number of benzene rings is 1. The van der Waals surface area contributed by atoms with Gasteiger partial charge in [-0.2, -0.15) is 0 Å². The van der Waals surface area contributed by atoms with Crippen molar-refractivity contribution in [2.75, 3.05) is 26.8 Å². The maximum atomic E-state index is 12.9. The fourth-order valence-corrected chi connectivity index (χ4v) is 7.18. The first-order valence-electron chi connectivity index (χ1n) is 13.3. The normalized spacial score (nSPS) is 41.3. The summed E-state index contributed by atoms with van der Waals surface area (Å²) in [5.74, 6) is -1.35. The van der Waals surface area contributed by atoms with Crippen LogP contribution >= 0.6 is 0 Å². The SMILES string of the molecule is COC(=O)C1=CO[C@@H](O[C@@H]2O[C@H](CO)[C@H](O)[C@@H](O)[C@H]2O)[C@H]2[C@@H]1C[C@@]13O[C@@H]2CN1CCc1c3[nH]c2ccccc12. The van der Waals surface area contributed by atoms with Gasteiger partial charge in [0.2, 0.25) is 6.29 Å². The van der Waals surface area contributed by atoms with Crippen LogP contribution in [0.15, 0.2) is 36.1 Å². The van der Waals surface area contributed by atoms with Gasteiger partial charge < -0.3 is 49.1 Å². The predicted molar refractivity (Wildman–Crippen MR) is 132 cm³/mol. The molecule has 0 aliphatic carbocycles. The van der Waals surface area contributed by atoms with Crippen molar-refractivity contribution < 1.29 is 48.9 Å². The molecule has 0 unspecified atom stereocenters. The molecule has 210 valence electrons. The van der Waals surface area contributed by atoms with Crippen LogP contribution in [-0.2, 0) is 40.6 Å². The van der Waals surface area contributed by atoms with Gasteiger partial charge in [-0.3, -0.25) is 4.90 Å². The van der Waals surface area contributed by atoms with Crippen molar-refractivity contribution in [3.63, 3.8) is 0 Å². The van der Waals surface area contributed by atoms with Gasteiger partial charge in [0.25, 0.3) is 0 Å². The van der Waals surface area contributed by atoms with Crippen LogP contribution < -0.4 is 0 Å². The van der Waals surface area contributed by atoms with Gasteiger partial charge in [-0.15, -0.1) is 0 Å². The lowest BCUT2D eigenvalue weighted by atomic mass is 9.73. The zero-order valence-electron chi connectivity index (χ0n) is 21.3. The minimum Gasteiger partial charge on any atom is -0.471 e. The Morgan fingerprint density at radius 2 is 2.00 bits per heavy atom. The number of ether oxygens (including phenoxy) is 5. The molecular weight excluding hydrogens is 512 g/mol. The molecular formula is C27H32N2O10. The number of aromatic amines is 1. The van der Waals surface area contributed by atoms with Crippen LogP contribution in [0.4, 0.5) is 0 Å². The van der Waals surface area contributed by atoms with Crippen LogP contribution in [0.3, 0.4) is 0 Å². The predicted octanol–water partition coefficient (Wildman–Crippen LogP) is -0.557. The van der Waals surface area contributed by atoms with Crippen LogP contribution in [-0.4, -0.2) is 106 Å². The summed E-state index contributed by atoms with van der Waals surface area (Å²) >= 11 is 0. The molecule has 7 rings (SSSR count). The van der Waals surface area contributed by atoms with E-state index in [0.29, 0.717) is 18.5 Å². The lowest BCUT2D eigenvalue weighted by Crippen LogP contribution is -2.61. The maximum absolute atomic E-state index is 12.9. The Labute approximate surface area is 223 Å². The van der Waals surface area contributed by atoms with Crippen LogP contribution in [0.25, 0.3) is 10.9 Å². The zero-order valence-corrected chi connectivity index (χ0v) is 21.3. The first kappa shape index (κ1) is 25.4. The molecule has 12 nitrogen and oxygen atoms in total. The van der Waals surface area contributed by atoms with Gasteiger partial charge in [0.1, 0.15) is 24.4 Å². The minimum absolute atomic E-state index is 0.369. The molecule has 5 N–H and O–H groups in total.